The number of hydrogen-bond acceptors (Lipinski definition) is 2. The van der Waals surface area contributed by atoms with E-state index in [0.29, 0.717) is 11.0 Å². The SMILES string of the molecule is CC1(C)Cc2nc3[nH]ccc3c(=O)n2C1. The number of fused-ring (bicyclic) bond motifs is 2. The molecule has 0 atom stereocenters. The molecule has 0 aromatic carbocycles. The van der Waals surface area contributed by atoms with Crippen LogP contribution in [0.15, 0.2) is 17.1 Å². The molecule has 4 nitrogen and oxygen atoms in total. The van der Waals surface area contributed by atoms with Gasteiger partial charge in [-0.3, -0.25) is 9.36 Å². The summed E-state index contributed by atoms with van der Waals surface area (Å²) < 4.78 is 1.80. The quantitative estimate of drug-likeness (QED) is 0.701. The smallest absolute Gasteiger partial charge is 0.263 e. The number of aromatic amines is 1. The summed E-state index contributed by atoms with van der Waals surface area (Å²) in [6, 6.07) is 1.79. The highest BCUT2D eigenvalue weighted by molar-refractivity contribution is 5.74. The van der Waals surface area contributed by atoms with Crippen LogP contribution >= 0.6 is 0 Å². The molecule has 1 aliphatic rings. The predicted octanol–water partition coefficient (Wildman–Crippen LogP) is 1.31. The molecule has 0 saturated carbocycles. The second kappa shape index (κ2) is 2.51. The van der Waals surface area contributed by atoms with Gasteiger partial charge in [0.05, 0.1) is 5.39 Å². The van der Waals surface area contributed by atoms with E-state index in [1.807, 2.05) is 0 Å². The third-order valence-electron chi connectivity index (χ3n) is 2.98. The largest absolute Gasteiger partial charge is 0.346 e. The Morgan fingerprint density at radius 3 is 3.13 bits per heavy atom. The molecule has 0 radical (unpaired) electrons. The van der Waals surface area contributed by atoms with Crippen LogP contribution in [0, 0.1) is 5.41 Å². The molecule has 1 aliphatic heterocycles. The van der Waals surface area contributed by atoms with E-state index in [2.05, 4.69) is 23.8 Å². The van der Waals surface area contributed by atoms with Crippen LogP contribution in [-0.4, -0.2) is 14.5 Å². The monoisotopic (exact) mass is 203 g/mol. The van der Waals surface area contributed by atoms with E-state index in [4.69, 9.17) is 0 Å². The Labute approximate surface area is 87.0 Å². The number of hydrogen-bond donors (Lipinski definition) is 1. The number of rotatable bonds is 0. The fraction of sp³-hybridized carbons (Fsp3) is 0.455. The van der Waals surface area contributed by atoms with Crippen molar-refractivity contribution in [2.45, 2.75) is 26.8 Å². The van der Waals surface area contributed by atoms with Gasteiger partial charge in [-0.2, -0.15) is 0 Å². The van der Waals surface area contributed by atoms with Crippen molar-refractivity contribution in [1.82, 2.24) is 14.5 Å². The standard InChI is InChI=1S/C11H13N3O/c1-11(2)5-8-13-9-7(3-4-12-9)10(15)14(8)6-11/h3-4,12H,5-6H2,1-2H3. The molecule has 78 valence electrons. The average molecular weight is 203 g/mol. The van der Waals surface area contributed by atoms with E-state index < -0.39 is 0 Å². The number of H-pyrrole nitrogens is 1. The summed E-state index contributed by atoms with van der Waals surface area (Å²) in [6.45, 7) is 5.10. The van der Waals surface area contributed by atoms with E-state index in [0.717, 1.165) is 18.8 Å². The zero-order valence-electron chi connectivity index (χ0n) is 8.87. The third-order valence-corrected chi connectivity index (χ3v) is 2.98. The first-order valence-electron chi connectivity index (χ1n) is 5.14. The first kappa shape index (κ1) is 8.71. The molecule has 3 heterocycles. The second-order valence-electron chi connectivity index (χ2n) is 5.00. The van der Waals surface area contributed by atoms with Gasteiger partial charge in [0.1, 0.15) is 11.5 Å². The van der Waals surface area contributed by atoms with Crippen LogP contribution < -0.4 is 5.56 Å². The van der Waals surface area contributed by atoms with Crippen LogP contribution in [0.3, 0.4) is 0 Å². The highest BCUT2D eigenvalue weighted by Crippen LogP contribution is 2.29. The summed E-state index contributed by atoms with van der Waals surface area (Å²) in [5.74, 6) is 0.903. The van der Waals surface area contributed by atoms with Gasteiger partial charge >= 0.3 is 0 Å². The van der Waals surface area contributed by atoms with E-state index >= 15 is 0 Å². The highest BCUT2D eigenvalue weighted by Gasteiger charge is 2.30. The lowest BCUT2D eigenvalue weighted by atomic mass is 9.92. The zero-order valence-corrected chi connectivity index (χ0v) is 8.87. The molecule has 4 heteroatoms. The molecular formula is C11H13N3O. The van der Waals surface area contributed by atoms with Gasteiger partial charge in [-0.1, -0.05) is 13.8 Å². The van der Waals surface area contributed by atoms with Crippen molar-refractivity contribution in [3.63, 3.8) is 0 Å². The van der Waals surface area contributed by atoms with Crippen LogP contribution in [0.25, 0.3) is 11.0 Å². The lowest BCUT2D eigenvalue weighted by Gasteiger charge is -2.13. The average Bonchev–Trinajstić information content (AvgIpc) is 2.68. The Balaban J connectivity index is 2.35. The summed E-state index contributed by atoms with van der Waals surface area (Å²) in [6.07, 6.45) is 2.64. The Hall–Kier alpha value is -1.58. The summed E-state index contributed by atoms with van der Waals surface area (Å²) in [4.78, 5) is 19.5. The van der Waals surface area contributed by atoms with Gasteiger partial charge in [-0.15, -0.1) is 0 Å². The summed E-state index contributed by atoms with van der Waals surface area (Å²) in [7, 11) is 0. The first-order chi connectivity index (χ1) is 7.07. The van der Waals surface area contributed by atoms with Gasteiger partial charge in [0.15, 0.2) is 0 Å². The van der Waals surface area contributed by atoms with Crippen molar-refractivity contribution in [2.75, 3.05) is 0 Å². The summed E-state index contributed by atoms with van der Waals surface area (Å²) in [5.41, 5.74) is 0.948. The van der Waals surface area contributed by atoms with E-state index in [1.54, 1.807) is 16.8 Å². The van der Waals surface area contributed by atoms with Crippen LogP contribution in [0.1, 0.15) is 19.7 Å². The van der Waals surface area contributed by atoms with E-state index in [1.165, 1.54) is 0 Å². The molecule has 0 unspecified atom stereocenters. The van der Waals surface area contributed by atoms with Crippen molar-refractivity contribution in [1.29, 1.82) is 0 Å². The van der Waals surface area contributed by atoms with Gasteiger partial charge in [-0.25, -0.2) is 4.98 Å². The van der Waals surface area contributed by atoms with Crippen LogP contribution in [-0.2, 0) is 13.0 Å². The van der Waals surface area contributed by atoms with Crippen LogP contribution in [0.2, 0.25) is 0 Å². The minimum atomic E-state index is 0.0850. The fourth-order valence-corrected chi connectivity index (χ4v) is 2.29. The number of aromatic nitrogens is 3. The van der Waals surface area contributed by atoms with Gasteiger partial charge in [0.25, 0.3) is 5.56 Å². The normalized spacial score (nSPS) is 18.3. The zero-order chi connectivity index (χ0) is 10.6. The number of nitrogens with zero attached hydrogens (tertiary/aromatic N) is 2. The molecular weight excluding hydrogens is 190 g/mol. The predicted molar refractivity (Wildman–Crippen MR) is 57.8 cm³/mol. The Morgan fingerprint density at radius 2 is 2.33 bits per heavy atom. The van der Waals surface area contributed by atoms with Crippen molar-refractivity contribution < 1.29 is 0 Å². The van der Waals surface area contributed by atoms with Crippen molar-refractivity contribution in [3.8, 4) is 0 Å². The minimum absolute atomic E-state index is 0.0850. The van der Waals surface area contributed by atoms with Crippen LogP contribution in [0.5, 0.6) is 0 Å². The molecule has 2 aromatic heterocycles. The van der Waals surface area contributed by atoms with Crippen molar-refractivity contribution in [3.05, 3.63) is 28.4 Å². The molecule has 0 amide bonds. The summed E-state index contributed by atoms with van der Waals surface area (Å²) >= 11 is 0. The maximum Gasteiger partial charge on any atom is 0.263 e. The van der Waals surface area contributed by atoms with Gasteiger partial charge in [0.2, 0.25) is 0 Å². The lowest BCUT2D eigenvalue weighted by Crippen LogP contribution is -2.22. The highest BCUT2D eigenvalue weighted by atomic mass is 16.1. The van der Waals surface area contributed by atoms with Gasteiger partial charge in [-0.05, 0) is 11.5 Å². The maximum atomic E-state index is 12.1. The van der Waals surface area contributed by atoms with Crippen molar-refractivity contribution >= 4 is 11.0 Å². The minimum Gasteiger partial charge on any atom is -0.346 e. The van der Waals surface area contributed by atoms with Crippen molar-refractivity contribution in [2.24, 2.45) is 5.41 Å². The summed E-state index contributed by atoms with van der Waals surface area (Å²) in [5, 5.41) is 0.691. The molecule has 2 aromatic rings. The molecule has 15 heavy (non-hydrogen) atoms. The molecule has 0 fully saturated rings. The maximum absolute atomic E-state index is 12.1. The van der Waals surface area contributed by atoms with E-state index in [-0.39, 0.29) is 11.0 Å². The topological polar surface area (TPSA) is 50.7 Å². The molecule has 0 bridgehead atoms. The number of nitrogens with one attached hydrogen (secondary N) is 1. The van der Waals surface area contributed by atoms with Crippen LogP contribution in [0.4, 0.5) is 0 Å². The first-order valence-corrected chi connectivity index (χ1v) is 5.14. The Morgan fingerprint density at radius 1 is 1.53 bits per heavy atom. The van der Waals surface area contributed by atoms with E-state index in [9.17, 15) is 4.79 Å². The fourth-order valence-electron chi connectivity index (χ4n) is 2.29. The Bertz CT molecular complexity index is 591. The van der Waals surface area contributed by atoms with Gasteiger partial charge in [0, 0.05) is 19.2 Å². The van der Waals surface area contributed by atoms with Gasteiger partial charge < -0.3 is 4.98 Å². The molecule has 1 N–H and O–H groups in total. The Kier molecular flexibility index (Phi) is 1.45. The molecule has 0 spiro atoms. The molecule has 3 rings (SSSR count). The molecule has 0 saturated heterocycles. The lowest BCUT2D eigenvalue weighted by molar-refractivity contribution is 0.357. The molecule has 0 aliphatic carbocycles. The second-order valence-corrected chi connectivity index (χ2v) is 5.00. The third kappa shape index (κ3) is 1.14.